The van der Waals surface area contributed by atoms with Crippen LogP contribution in [-0.4, -0.2) is 77.9 Å². The summed E-state index contributed by atoms with van der Waals surface area (Å²) < 4.78 is 0. The largest absolute Gasteiger partial charge is 0.480 e. The number of nitrogens with two attached hydrogens (primary N) is 1. The van der Waals surface area contributed by atoms with Gasteiger partial charge in [0.25, 0.3) is 0 Å². The Morgan fingerprint density at radius 2 is 1.38 bits per heavy atom. The Hall–Kier alpha value is -3.52. The van der Waals surface area contributed by atoms with Gasteiger partial charge in [0.15, 0.2) is 0 Å². The second-order valence-corrected chi connectivity index (χ2v) is 12.1. The van der Waals surface area contributed by atoms with Crippen molar-refractivity contribution in [3.63, 3.8) is 0 Å². The normalized spacial score (nSPS) is 13.9. The zero-order valence-electron chi connectivity index (χ0n) is 25.0. The van der Waals surface area contributed by atoms with Gasteiger partial charge in [-0.05, 0) is 43.0 Å². The van der Waals surface area contributed by atoms with Crippen LogP contribution in [0.2, 0.25) is 0 Å². The van der Waals surface area contributed by atoms with Gasteiger partial charge < -0.3 is 37.4 Å². The van der Waals surface area contributed by atoms with Gasteiger partial charge in [-0.2, -0.15) is 0 Å². The molecule has 0 unspecified atom stereocenters. The number of amides is 5. The Kier molecular flexibility index (Phi) is 16.4. The molecule has 4 atom stereocenters. The molecule has 0 spiro atoms. The first-order valence-electron chi connectivity index (χ1n) is 14.1. The number of carbonyl (C=O) groups is 6. The van der Waals surface area contributed by atoms with Gasteiger partial charge in [-0.15, -0.1) is 11.3 Å². The number of hydrogen-bond donors (Lipinski definition) is 7. The molecule has 0 aliphatic carbocycles. The summed E-state index contributed by atoms with van der Waals surface area (Å²) in [5.74, 6) is -3.48. The molecule has 0 radical (unpaired) electrons. The van der Waals surface area contributed by atoms with Crippen molar-refractivity contribution in [2.75, 3.05) is 13.1 Å². The molecule has 0 aliphatic rings. The van der Waals surface area contributed by atoms with Crippen LogP contribution in [0, 0.1) is 11.8 Å². The third-order valence-corrected chi connectivity index (χ3v) is 6.99. The van der Waals surface area contributed by atoms with Crippen LogP contribution in [0.4, 0.5) is 0 Å². The Morgan fingerprint density at radius 3 is 1.95 bits per heavy atom. The third kappa shape index (κ3) is 14.9. The van der Waals surface area contributed by atoms with Gasteiger partial charge in [0.1, 0.15) is 18.1 Å². The van der Waals surface area contributed by atoms with E-state index in [1.165, 1.54) is 18.3 Å². The highest BCUT2D eigenvalue weighted by Crippen LogP contribution is 2.10. The lowest BCUT2D eigenvalue weighted by Crippen LogP contribution is -2.55. The number of nitrogens with one attached hydrogen (secondary N) is 5. The van der Waals surface area contributed by atoms with Gasteiger partial charge in [0, 0.05) is 37.2 Å². The second-order valence-electron chi connectivity index (χ2n) is 11.0. The molecule has 0 fully saturated rings. The number of hydrogen-bond acceptors (Lipinski definition) is 8. The van der Waals surface area contributed by atoms with E-state index < -0.39 is 47.9 Å². The van der Waals surface area contributed by atoms with Crippen LogP contribution < -0.4 is 32.3 Å². The quantitative estimate of drug-likeness (QED) is 0.115. The molecule has 0 aliphatic heterocycles. The maximum Gasteiger partial charge on any atom is 0.326 e. The summed E-state index contributed by atoms with van der Waals surface area (Å²) >= 11 is 1.51. The van der Waals surface area contributed by atoms with Crippen molar-refractivity contribution in [2.24, 2.45) is 17.6 Å². The molecule has 1 heterocycles. The molecule has 8 N–H and O–H groups in total. The van der Waals surface area contributed by atoms with E-state index in [1.807, 2.05) is 45.2 Å². The lowest BCUT2D eigenvalue weighted by atomic mass is 10.0. The number of rotatable bonds is 19. The van der Waals surface area contributed by atoms with Gasteiger partial charge in [-0.3, -0.25) is 24.0 Å². The Balaban J connectivity index is 2.46. The van der Waals surface area contributed by atoms with Crippen molar-refractivity contribution < 1.29 is 33.9 Å². The Morgan fingerprint density at radius 1 is 0.786 bits per heavy atom. The zero-order valence-corrected chi connectivity index (χ0v) is 25.8. The molecular formula is C28H46N6O7S. The molecule has 5 amide bonds. The molecule has 236 valence electrons. The van der Waals surface area contributed by atoms with Crippen LogP contribution in [0.3, 0.4) is 0 Å². The summed E-state index contributed by atoms with van der Waals surface area (Å²) in [5.41, 5.74) is 5.90. The van der Waals surface area contributed by atoms with Gasteiger partial charge in [0.2, 0.25) is 29.5 Å². The van der Waals surface area contributed by atoms with Crippen LogP contribution in [-0.2, 0) is 35.2 Å². The molecule has 13 nitrogen and oxygen atoms in total. The molecule has 1 rings (SSSR count). The minimum Gasteiger partial charge on any atom is -0.480 e. The van der Waals surface area contributed by atoms with E-state index in [2.05, 4.69) is 26.6 Å². The predicted molar refractivity (Wildman–Crippen MR) is 159 cm³/mol. The van der Waals surface area contributed by atoms with E-state index in [4.69, 9.17) is 5.73 Å². The van der Waals surface area contributed by atoms with E-state index >= 15 is 0 Å². The number of thiophene rings is 1. The maximum absolute atomic E-state index is 12.9. The lowest BCUT2D eigenvalue weighted by molar-refractivity contribution is -0.142. The topological polar surface area (TPSA) is 209 Å². The average molecular weight is 611 g/mol. The molecule has 0 saturated carbocycles. The van der Waals surface area contributed by atoms with Crippen molar-refractivity contribution in [3.05, 3.63) is 22.4 Å². The van der Waals surface area contributed by atoms with Crippen LogP contribution in [0.1, 0.15) is 65.2 Å². The first kappa shape index (κ1) is 36.5. The van der Waals surface area contributed by atoms with Crippen LogP contribution in [0.25, 0.3) is 0 Å². The summed E-state index contributed by atoms with van der Waals surface area (Å²) in [6, 6.07) is 0.0287. The minimum absolute atomic E-state index is 0.0112. The first-order chi connectivity index (χ1) is 19.7. The lowest BCUT2D eigenvalue weighted by Gasteiger charge is -2.24. The van der Waals surface area contributed by atoms with Crippen LogP contribution >= 0.6 is 11.3 Å². The highest BCUT2D eigenvalue weighted by atomic mass is 32.1. The van der Waals surface area contributed by atoms with Gasteiger partial charge in [-0.25, -0.2) is 4.79 Å². The summed E-state index contributed by atoms with van der Waals surface area (Å²) in [5, 5.41) is 24.1. The van der Waals surface area contributed by atoms with Gasteiger partial charge in [0.05, 0.1) is 6.04 Å². The second kappa shape index (κ2) is 18.8. The molecular weight excluding hydrogens is 564 g/mol. The smallest absolute Gasteiger partial charge is 0.326 e. The predicted octanol–water partition coefficient (Wildman–Crippen LogP) is 0.282. The fourth-order valence-electron chi connectivity index (χ4n) is 3.91. The summed E-state index contributed by atoms with van der Waals surface area (Å²) in [4.78, 5) is 74.6. The van der Waals surface area contributed by atoms with Crippen molar-refractivity contribution in [3.8, 4) is 0 Å². The molecule has 0 bridgehead atoms. The number of carboxylic acid groups (broad SMARTS) is 1. The highest BCUT2D eigenvalue weighted by Gasteiger charge is 2.28. The summed E-state index contributed by atoms with van der Waals surface area (Å²) in [6.45, 7) is 8.98. The zero-order chi connectivity index (χ0) is 31.8. The molecule has 0 saturated heterocycles. The summed E-state index contributed by atoms with van der Waals surface area (Å²) in [7, 11) is 0. The molecule has 1 aromatic rings. The third-order valence-electron chi connectivity index (χ3n) is 6.10. The Bertz CT molecular complexity index is 1050. The van der Waals surface area contributed by atoms with Crippen molar-refractivity contribution in [1.29, 1.82) is 0 Å². The highest BCUT2D eigenvalue weighted by molar-refractivity contribution is 7.09. The molecule has 14 heteroatoms. The Labute approximate surface area is 251 Å². The molecule has 0 aromatic carbocycles. The van der Waals surface area contributed by atoms with Crippen LogP contribution in [0.5, 0.6) is 0 Å². The average Bonchev–Trinajstić information content (AvgIpc) is 3.40. The monoisotopic (exact) mass is 610 g/mol. The standard InChI is InChI=1S/C28H46N6O7S/c1-16(2)13-21(27(39)32-18(5)25(37)34-22(28(40)41)14-17(3)4)33-24(36)9-10-30-23(35)8-11-31-26(38)20(29)15-19-7-6-12-42-19/h6-7,12,16-18,20-22H,8-11,13-15,29H2,1-5H3,(H,30,35)(H,31,38)(H,32,39)(H,33,36)(H,34,37)(H,40,41)/t18-,20-,21-,22-/m0/s1. The summed E-state index contributed by atoms with van der Waals surface area (Å²) in [6.07, 6.45) is 0.880. The SMILES string of the molecule is CC(C)C[C@H](NC(=O)[C@H](C)NC(=O)[C@H](CC(C)C)NC(=O)CCNC(=O)CCNC(=O)[C@@H](N)Cc1cccs1)C(=O)O. The maximum atomic E-state index is 12.9. The van der Waals surface area contributed by atoms with E-state index in [9.17, 15) is 33.9 Å². The van der Waals surface area contributed by atoms with Crippen molar-refractivity contribution in [1.82, 2.24) is 26.6 Å². The van der Waals surface area contributed by atoms with Crippen molar-refractivity contribution >= 4 is 46.8 Å². The number of aliphatic carboxylic acids is 1. The minimum atomic E-state index is -1.16. The van der Waals surface area contributed by atoms with Crippen LogP contribution in [0.15, 0.2) is 17.5 Å². The fourth-order valence-corrected chi connectivity index (χ4v) is 4.68. The fraction of sp³-hybridized carbons (Fsp3) is 0.643. The number of carboxylic acids is 1. The molecule has 1 aromatic heterocycles. The molecule has 42 heavy (non-hydrogen) atoms. The van der Waals surface area contributed by atoms with E-state index in [0.717, 1.165) is 4.88 Å². The first-order valence-corrected chi connectivity index (χ1v) is 15.0. The van der Waals surface area contributed by atoms with E-state index in [-0.39, 0.29) is 56.0 Å². The van der Waals surface area contributed by atoms with E-state index in [0.29, 0.717) is 12.8 Å². The number of carbonyl (C=O) groups excluding carboxylic acids is 5. The van der Waals surface area contributed by atoms with Crippen molar-refractivity contribution in [2.45, 2.75) is 90.9 Å². The van der Waals surface area contributed by atoms with Gasteiger partial charge >= 0.3 is 5.97 Å². The van der Waals surface area contributed by atoms with Gasteiger partial charge in [-0.1, -0.05) is 33.8 Å². The van der Waals surface area contributed by atoms with E-state index in [1.54, 1.807) is 0 Å².